The molecule has 1 aromatic rings. The first-order valence-electron chi connectivity index (χ1n) is 3.24. The Kier molecular flexibility index (Phi) is 3.49. The first-order valence-corrected chi connectivity index (χ1v) is 5.93. The van der Waals surface area contributed by atoms with Crippen LogP contribution in [0.2, 0.25) is 15.1 Å². The molecule has 0 aliphatic carbocycles. The van der Waals surface area contributed by atoms with Gasteiger partial charge in [-0.1, -0.05) is 34.8 Å². The van der Waals surface area contributed by atoms with Crippen LogP contribution in [0, 0.1) is 0 Å². The van der Waals surface area contributed by atoms with Crippen LogP contribution in [0.5, 0.6) is 0 Å². The number of hydrogen-bond donors (Lipinski definition) is 2. The number of nitrogens with two attached hydrogens (primary N) is 1. The van der Waals surface area contributed by atoms with E-state index in [4.69, 9.17) is 39.9 Å². The molecule has 1 rings (SSSR count). The summed E-state index contributed by atoms with van der Waals surface area (Å²) in [6, 6.07) is 2.59. The van der Waals surface area contributed by atoms with Crippen molar-refractivity contribution in [1.29, 1.82) is 0 Å². The molecule has 0 aromatic heterocycles. The Morgan fingerprint density at radius 1 is 1.07 bits per heavy atom. The molecule has 0 radical (unpaired) electrons. The van der Waals surface area contributed by atoms with Crippen LogP contribution in [0.4, 0.5) is 5.69 Å². The number of anilines is 1. The maximum absolute atomic E-state index is 10.7. The zero-order chi connectivity index (χ0) is 10.9. The summed E-state index contributed by atoms with van der Waals surface area (Å²) in [6.45, 7) is 0. The first kappa shape index (κ1) is 11.9. The number of halogens is 3. The van der Waals surface area contributed by atoms with Crippen LogP contribution in [0.25, 0.3) is 0 Å². The maximum atomic E-state index is 10.7. The highest BCUT2D eigenvalue weighted by Gasteiger charge is 2.09. The molecule has 1 aromatic carbocycles. The molecule has 0 amide bonds. The highest BCUT2D eigenvalue weighted by Crippen LogP contribution is 2.32. The van der Waals surface area contributed by atoms with Gasteiger partial charge in [0.05, 0.1) is 20.8 Å². The van der Waals surface area contributed by atoms with Crippen LogP contribution in [-0.2, 0) is 10.2 Å². The van der Waals surface area contributed by atoms with Gasteiger partial charge in [0, 0.05) is 0 Å². The van der Waals surface area contributed by atoms with Gasteiger partial charge in [0.1, 0.15) is 0 Å². The lowest BCUT2D eigenvalue weighted by molar-refractivity contribution is 0.603. The van der Waals surface area contributed by atoms with Crippen molar-refractivity contribution in [3.63, 3.8) is 0 Å². The highest BCUT2D eigenvalue weighted by molar-refractivity contribution is 7.90. The summed E-state index contributed by atoms with van der Waals surface area (Å²) in [4.78, 5) is 0. The molecule has 8 heteroatoms. The summed E-state index contributed by atoms with van der Waals surface area (Å²) in [5.41, 5.74) is 0.0866. The molecule has 14 heavy (non-hydrogen) atoms. The minimum absolute atomic E-state index is 0.0866. The maximum Gasteiger partial charge on any atom is 0.296 e. The molecule has 0 heterocycles. The molecule has 0 saturated heterocycles. The van der Waals surface area contributed by atoms with E-state index in [1.807, 2.05) is 4.72 Å². The SMILES string of the molecule is NS(=O)(=O)Nc1cc(Cl)c(Cl)cc1Cl. The van der Waals surface area contributed by atoms with Gasteiger partial charge in [0.15, 0.2) is 0 Å². The average Bonchev–Trinajstić information content (AvgIpc) is 1.97. The summed E-state index contributed by atoms with van der Waals surface area (Å²) in [5.74, 6) is 0. The summed E-state index contributed by atoms with van der Waals surface area (Å²) in [5, 5.41) is 5.29. The van der Waals surface area contributed by atoms with Crippen molar-refractivity contribution in [2.45, 2.75) is 0 Å². The molecule has 4 nitrogen and oxygen atoms in total. The van der Waals surface area contributed by atoms with Crippen molar-refractivity contribution in [3.8, 4) is 0 Å². The quantitative estimate of drug-likeness (QED) is 0.813. The van der Waals surface area contributed by atoms with Crippen LogP contribution in [0.15, 0.2) is 12.1 Å². The monoisotopic (exact) mass is 274 g/mol. The average molecular weight is 276 g/mol. The molecule has 3 N–H and O–H groups in total. The van der Waals surface area contributed by atoms with E-state index < -0.39 is 10.2 Å². The van der Waals surface area contributed by atoms with Crippen LogP contribution in [0.3, 0.4) is 0 Å². The van der Waals surface area contributed by atoms with E-state index in [0.717, 1.165) is 0 Å². The molecule has 0 aliphatic rings. The molecular formula is C6H5Cl3N2O2S. The van der Waals surface area contributed by atoms with Gasteiger partial charge < -0.3 is 0 Å². The summed E-state index contributed by atoms with van der Waals surface area (Å²) < 4.78 is 23.4. The zero-order valence-electron chi connectivity index (χ0n) is 6.59. The van der Waals surface area contributed by atoms with Crippen molar-refractivity contribution < 1.29 is 8.42 Å². The highest BCUT2D eigenvalue weighted by atomic mass is 35.5. The lowest BCUT2D eigenvalue weighted by atomic mass is 10.3. The molecule has 0 unspecified atom stereocenters. The first-order chi connectivity index (χ1) is 6.29. The van der Waals surface area contributed by atoms with Crippen molar-refractivity contribution in [2.75, 3.05) is 4.72 Å². The fraction of sp³-hybridized carbons (Fsp3) is 0. The molecule has 0 bridgehead atoms. The van der Waals surface area contributed by atoms with Gasteiger partial charge in [-0.25, -0.2) is 5.14 Å². The Hall–Kier alpha value is -0.200. The number of nitrogens with one attached hydrogen (secondary N) is 1. The van der Waals surface area contributed by atoms with Crippen molar-refractivity contribution in [3.05, 3.63) is 27.2 Å². The van der Waals surface area contributed by atoms with E-state index in [1.165, 1.54) is 12.1 Å². The summed E-state index contributed by atoms with van der Waals surface area (Å²) in [7, 11) is -3.87. The molecule has 78 valence electrons. The van der Waals surface area contributed by atoms with Gasteiger partial charge in [-0.2, -0.15) is 8.42 Å². The molecule has 0 aliphatic heterocycles. The minimum atomic E-state index is -3.87. The van der Waals surface area contributed by atoms with E-state index in [1.54, 1.807) is 0 Å². The summed E-state index contributed by atoms with van der Waals surface area (Å²) >= 11 is 17.0. The van der Waals surface area contributed by atoms with Crippen molar-refractivity contribution in [1.82, 2.24) is 0 Å². The summed E-state index contributed by atoms with van der Waals surface area (Å²) in [6.07, 6.45) is 0. The minimum Gasteiger partial charge on any atom is -0.270 e. The molecular weight excluding hydrogens is 271 g/mol. The lowest BCUT2D eigenvalue weighted by Gasteiger charge is -2.06. The molecule has 0 saturated carbocycles. The Morgan fingerprint density at radius 3 is 2.07 bits per heavy atom. The third-order valence-electron chi connectivity index (χ3n) is 1.26. The topological polar surface area (TPSA) is 72.2 Å². The standard InChI is InChI=1S/C6H5Cl3N2O2S/c7-3-1-5(9)6(2-4(3)8)11-14(10,12)13/h1-2,11H,(H2,10,12,13). The van der Waals surface area contributed by atoms with E-state index in [9.17, 15) is 8.42 Å². The van der Waals surface area contributed by atoms with Gasteiger partial charge in [0.25, 0.3) is 10.2 Å². The van der Waals surface area contributed by atoms with Gasteiger partial charge in [-0.15, -0.1) is 0 Å². The van der Waals surface area contributed by atoms with Gasteiger partial charge in [0.2, 0.25) is 0 Å². The third kappa shape index (κ3) is 3.18. The second-order valence-electron chi connectivity index (χ2n) is 2.39. The second kappa shape index (κ2) is 4.12. The normalized spacial score (nSPS) is 11.4. The second-order valence-corrected chi connectivity index (χ2v) is 4.91. The number of rotatable bonds is 2. The van der Waals surface area contributed by atoms with Crippen LogP contribution in [-0.4, -0.2) is 8.42 Å². The zero-order valence-corrected chi connectivity index (χ0v) is 9.67. The third-order valence-corrected chi connectivity index (χ3v) is 2.80. The van der Waals surface area contributed by atoms with Crippen LogP contribution >= 0.6 is 34.8 Å². The Labute approximate surface area is 96.1 Å². The predicted octanol–water partition coefficient (Wildman–Crippen LogP) is 2.26. The van der Waals surface area contributed by atoms with Gasteiger partial charge in [-0.05, 0) is 12.1 Å². The smallest absolute Gasteiger partial charge is 0.270 e. The molecule has 0 spiro atoms. The van der Waals surface area contributed by atoms with E-state index in [0.29, 0.717) is 0 Å². The van der Waals surface area contributed by atoms with Gasteiger partial charge >= 0.3 is 0 Å². The van der Waals surface area contributed by atoms with Crippen molar-refractivity contribution in [2.24, 2.45) is 5.14 Å². The fourth-order valence-electron chi connectivity index (χ4n) is 0.754. The van der Waals surface area contributed by atoms with Crippen LogP contribution in [0.1, 0.15) is 0 Å². The Morgan fingerprint density at radius 2 is 1.57 bits per heavy atom. The molecule has 0 fully saturated rings. The lowest BCUT2D eigenvalue weighted by Crippen LogP contribution is -2.21. The Bertz CT molecular complexity index is 460. The van der Waals surface area contributed by atoms with Gasteiger partial charge in [-0.3, -0.25) is 4.72 Å². The predicted molar refractivity (Wildman–Crippen MR) is 58.2 cm³/mol. The number of hydrogen-bond acceptors (Lipinski definition) is 2. The van der Waals surface area contributed by atoms with E-state index in [-0.39, 0.29) is 20.8 Å². The van der Waals surface area contributed by atoms with E-state index >= 15 is 0 Å². The van der Waals surface area contributed by atoms with Crippen LogP contribution < -0.4 is 9.86 Å². The molecule has 0 atom stereocenters. The fourth-order valence-corrected chi connectivity index (χ4v) is 1.88. The number of benzene rings is 1. The van der Waals surface area contributed by atoms with E-state index in [2.05, 4.69) is 0 Å². The largest absolute Gasteiger partial charge is 0.296 e. The van der Waals surface area contributed by atoms with Crippen molar-refractivity contribution >= 4 is 50.7 Å². The Balaban J connectivity index is 3.17.